The zero-order valence-corrected chi connectivity index (χ0v) is 9.28. The van der Waals surface area contributed by atoms with Crippen molar-refractivity contribution in [2.24, 2.45) is 0 Å². The van der Waals surface area contributed by atoms with Gasteiger partial charge in [-0.1, -0.05) is 19.2 Å². The average molecular weight is 209 g/mol. The van der Waals surface area contributed by atoms with Crippen LogP contribution in [0.15, 0.2) is 36.6 Å². The number of ether oxygens (including phenoxy) is 1. The summed E-state index contributed by atoms with van der Waals surface area (Å²) in [5.74, 6) is 0. The van der Waals surface area contributed by atoms with Crippen LogP contribution in [0, 0.1) is 0 Å². The Kier molecular flexibility index (Phi) is 4.59. The van der Waals surface area contributed by atoms with Crippen molar-refractivity contribution in [1.82, 2.24) is 4.90 Å². The van der Waals surface area contributed by atoms with E-state index in [1.807, 2.05) is 12.2 Å². The maximum Gasteiger partial charge on any atom is 0.145 e. The molecule has 0 fully saturated rings. The van der Waals surface area contributed by atoms with Crippen molar-refractivity contribution in [1.29, 1.82) is 0 Å². The van der Waals surface area contributed by atoms with Crippen LogP contribution in [0.2, 0.25) is 0 Å². The van der Waals surface area contributed by atoms with E-state index in [1.165, 1.54) is 5.57 Å². The van der Waals surface area contributed by atoms with Gasteiger partial charge < -0.3 is 14.7 Å². The molecule has 0 saturated heterocycles. The lowest BCUT2D eigenvalue weighted by Gasteiger charge is -2.36. The van der Waals surface area contributed by atoms with Gasteiger partial charge in [-0.3, -0.25) is 0 Å². The molecule has 84 valence electrons. The van der Waals surface area contributed by atoms with Crippen LogP contribution in [0.5, 0.6) is 0 Å². The molecule has 1 rings (SSSR count). The summed E-state index contributed by atoms with van der Waals surface area (Å²) in [6.45, 7) is 9.90. The van der Waals surface area contributed by atoms with Gasteiger partial charge >= 0.3 is 0 Å². The third-order valence-electron chi connectivity index (χ3n) is 2.76. The maximum absolute atomic E-state index is 8.65. The lowest BCUT2D eigenvalue weighted by atomic mass is 9.97. The normalized spacial score (nSPS) is 21.7. The quantitative estimate of drug-likeness (QED) is 0.703. The highest BCUT2D eigenvalue weighted by Gasteiger charge is 2.22. The third-order valence-corrected chi connectivity index (χ3v) is 2.76. The molecule has 1 aliphatic rings. The predicted octanol–water partition coefficient (Wildman–Crippen LogP) is 2.02. The molecule has 0 spiro atoms. The number of aliphatic hydroxyl groups excluding tert-OH is 1. The van der Waals surface area contributed by atoms with Gasteiger partial charge in [-0.15, -0.1) is 0 Å². The molecule has 0 aromatic heterocycles. The first-order valence-electron chi connectivity index (χ1n) is 5.17. The Morgan fingerprint density at radius 3 is 2.80 bits per heavy atom. The molecule has 0 amide bonds. The fourth-order valence-electron chi connectivity index (χ4n) is 1.86. The molecule has 1 atom stereocenters. The Hall–Kier alpha value is -1.06. The Morgan fingerprint density at radius 2 is 2.27 bits per heavy atom. The van der Waals surface area contributed by atoms with Crippen molar-refractivity contribution in [2.75, 3.05) is 13.5 Å². The number of allylic oxidation sites excluding steroid dienone is 3. The molecule has 1 N–H and O–H groups in total. The van der Waals surface area contributed by atoms with Crippen LogP contribution in [0.1, 0.15) is 19.8 Å². The first-order chi connectivity index (χ1) is 7.24. The minimum atomic E-state index is -0.253. The van der Waals surface area contributed by atoms with Gasteiger partial charge in [0.1, 0.15) is 13.5 Å². The molecule has 3 heteroatoms. The SMILES string of the molecule is C=CC1=C(C=C)N(COCO)[C@@H](C)CC1. The summed E-state index contributed by atoms with van der Waals surface area (Å²) in [6, 6.07) is 0.410. The zero-order chi connectivity index (χ0) is 11.3. The van der Waals surface area contributed by atoms with Crippen LogP contribution in [0.4, 0.5) is 0 Å². The molecule has 0 aromatic carbocycles. The summed E-state index contributed by atoms with van der Waals surface area (Å²) < 4.78 is 5.03. The smallest absolute Gasteiger partial charge is 0.145 e. The van der Waals surface area contributed by atoms with E-state index < -0.39 is 0 Å². The predicted molar refractivity (Wildman–Crippen MR) is 61.0 cm³/mol. The molecular weight excluding hydrogens is 190 g/mol. The number of aliphatic hydroxyl groups is 1. The minimum Gasteiger partial charge on any atom is -0.371 e. The molecule has 0 aromatic rings. The molecule has 15 heavy (non-hydrogen) atoms. The van der Waals surface area contributed by atoms with Gasteiger partial charge in [-0.25, -0.2) is 0 Å². The highest BCUT2D eigenvalue weighted by atomic mass is 16.6. The summed E-state index contributed by atoms with van der Waals surface area (Å²) in [4.78, 5) is 2.10. The van der Waals surface area contributed by atoms with E-state index >= 15 is 0 Å². The Balaban J connectivity index is 2.86. The van der Waals surface area contributed by atoms with E-state index in [0.29, 0.717) is 12.8 Å². The van der Waals surface area contributed by atoms with E-state index in [0.717, 1.165) is 18.5 Å². The zero-order valence-electron chi connectivity index (χ0n) is 9.28. The van der Waals surface area contributed by atoms with Gasteiger partial charge in [-0.2, -0.15) is 0 Å². The Bertz CT molecular complexity index is 271. The molecule has 1 aliphatic heterocycles. The van der Waals surface area contributed by atoms with Gasteiger partial charge in [0.05, 0.1) is 0 Å². The minimum absolute atomic E-state index is 0.253. The first-order valence-corrected chi connectivity index (χ1v) is 5.17. The fourth-order valence-corrected chi connectivity index (χ4v) is 1.86. The van der Waals surface area contributed by atoms with Crippen molar-refractivity contribution < 1.29 is 9.84 Å². The lowest BCUT2D eigenvalue weighted by molar-refractivity contribution is -0.0546. The maximum atomic E-state index is 8.65. The molecule has 0 radical (unpaired) electrons. The summed E-state index contributed by atoms with van der Waals surface area (Å²) >= 11 is 0. The van der Waals surface area contributed by atoms with Crippen molar-refractivity contribution in [2.45, 2.75) is 25.8 Å². The summed E-state index contributed by atoms with van der Waals surface area (Å²) in [6.07, 6.45) is 5.80. The summed E-state index contributed by atoms with van der Waals surface area (Å²) in [5.41, 5.74) is 2.27. The van der Waals surface area contributed by atoms with E-state index in [-0.39, 0.29) is 6.79 Å². The fraction of sp³-hybridized carbons (Fsp3) is 0.500. The second-order valence-corrected chi connectivity index (χ2v) is 3.64. The number of hydrogen-bond donors (Lipinski definition) is 1. The molecule has 0 bridgehead atoms. The number of hydrogen-bond acceptors (Lipinski definition) is 3. The molecule has 0 saturated carbocycles. The molecular formula is C12H19NO2. The molecule has 0 aliphatic carbocycles. The summed E-state index contributed by atoms with van der Waals surface area (Å²) in [7, 11) is 0. The topological polar surface area (TPSA) is 32.7 Å². The van der Waals surface area contributed by atoms with Crippen LogP contribution >= 0.6 is 0 Å². The van der Waals surface area contributed by atoms with Gasteiger partial charge in [0.25, 0.3) is 0 Å². The van der Waals surface area contributed by atoms with Gasteiger partial charge in [0.2, 0.25) is 0 Å². The van der Waals surface area contributed by atoms with Crippen LogP contribution < -0.4 is 0 Å². The monoisotopic (exact) mass is 209 g/mol. The van der Waals surface area contributed by atoms with Crippen molar-refractivity contribution in [3.63, 3.8) is 0 Å². The van der Waals surface area contributed by atoms with Gasteiger partial charge in [0, 0.05) is 11.7 Å². The van der Waals surface area contributed by atoms with Crippen LogP contribution in [0.3, 0.4) is 0 Å². The van der Waals surface area contributed by atoms with Crippen LogP contribution in [-0.4, -0.2) is 29.6 Å². The average Bonchev–Trinajstić information content (AvgIpc) is 2.27. The summed E-state index contributed by atoms with van der Waals surface area (Å²) in [5, 5.41) is 8.65. The standard InChI is InChI=1S/C12H19NO2/c1-4-11-7-6-10(3)13(8-15-9-14)12(11)5-2/h4-5,10,14H,1-2,6-9H2,3H3/t10-/m0/s1. The number of nitrogens with zero attached hydrogens (tertiary/aromatic N) is 1. The Labute approximate surface area is 91.3 Å². The van der Waals surface area contributed by atoms with E-state index in [4.69, 9.17) is 9.84 Å². The number of rotatable bonds is 5. The van der Waals surface area contributed by atoms with E-state index in [1.54, 1.807) is 0 Å². The molecule has 1 heterocycles. The lowest BCUT2D eigenvalue weighted by Crippen LogP contribution is -2.37. The van der Waals surface area contributed by atoms with Gasteiger partial charge in [-0.05, 0) is 31.4 Å². The van der Waals surface area contributed by atoms with E-state index in [9.17, 15) is 0 Å². The van der Waals surface area contributed by atoms with Crippen LogP contribution in [-0.2, 0) is 4.74 Å². The highest BCUT2D eigenvalue weighted by Crippen LogP contribution is 2.27. The van der Waals surface area contributed by atoms with Crippen LogP contribution in [0.25, 0.3) is 0 Å². The van der Waals surface area contributed by atoms with Crippen molar-refractivity contribution >= 4 is 0 Å². The molecule has 0 unspecified atom stereocenters. The second-order valence-electron chi connectivity index (χ2n) is 3.64. The van der Waals surface area contributed by atoms with E-state index in [2.05, 4.69) is 25.0 Å². The Morgan fingerprint density at radius 1 is 1.53 bits per heavy atom. The van der Waals surface area contributed by atoms with Crippen molar-refractivity contribution in [3.8, 4) is 0 Å². The largest absolute Gasteiger partial charge is 0.371 e. The highest BCUT2D eigenvalue weighted by molar-refractivity contribution is 5.32. The molecule has 3 nitrogen and oxygen atoms in total. The van der Waals surface area contributed by atoms with Crippen molar-refractivity contribution in [3.05, 3.63) is 36.6 Å². The third kappa shape index (κ3) is 2.70. The first kappa shape index (κ1) is 12.0. The second kappa shape index (κ2) is 5.73. The van der Waals surface area contributed by atoms with Gasteiger partial charge in [0.15, 0.2) is 0 Å².